The lowest BCUT2D eigenvalue weighted by Crippen LogP contribution is -2.46. The highest BCUT2D eigenvalue weighted by atomic mass is 16.6. The van der Waals surface area contributed by atoms with Crippen molar-refractivity contribution in [3.05, 3.63) is 0 Å². The summed E-state index contributed by atoms with van der Waals surface area (Å²) in [7, 11) is 0. The molecule has 1 saturated carbocycles. The Morgan fingerprint density at radius 2 is 2.06 bits per heavy atom. The standard InChI is InChI=1S/C14H26N2O2/c1-10-7-15-8-11(10)9-16-14(5-6-14)12(17)18-13(2,3)4/h10-11,15-16H,5-9H2,1-4H3/t10-,11+/m1/s1. The van der Waals surface area contributed by atoms with E-state index in [1.54, 1.807) is 0 Å². The van der Waals surface area contributed by atoms with Gasteiger partial charge in [0.15, 0.2) is 0 Å². The van der Waals surface area contributed by atoms with Gasteiger partial charge in [0, 0.05) is 6.54 Å². The second-order valence-corrected chi connectivity index (χ2v) is 6.86. The fourth-order valence-corrected chi connectivity index (χ4v) is 2.42. The van der Waals surface area contributed by atoms with Gasteiger partial charge in [-0.25, -0.2) is 0 Å². The molecule has 2 N–H and O–H groups in total. The monoisotopic (exact) mass is 254 g/mol. The van der Waals surface area contributed by atoms with Crippen LogP contribution in [0.3, 0.4) is 0 Å². The third kappa shape index (κ3) is 3.23. The largest absolute Gasteiger partial charge is 0.459 e. The number of nitrogens with one attached hydrogen (secondary N) is 2. The van der Waals surface area contributed by atoms with Gasteiger partial charge in [-0.1, -0.05) is 6.92 Å². The van der Waals surface area contributed by atoms with Gasteiger partial charge in [0.05, 0.1) is 0 Å². The normalized spacial score (nSPS) is 30.2. The maximum absolute atomic E-state index is 12.1. The molecule has 1 saturated heterocycles. The number of esters is 1. The van der Waals surface area contributed by atoms with Crippen LogP contribution in [0.4, 0.5) is 0 Å². The predicted molar refractivity (Wildman–Crippen MR) is 71.3 cm³/mol. The van der Waals surface area contributed by atoms with Crippen LogP contribution in [-0.2, 0) is 9.53 Å². The summed E-state index contributed by atoms with van der Waals surface area (Å²) in [6, 6.07) is 0. The SMILES string of the molecule is C[C@@H]1CNC[C@H]1CNC1(C(=O)OC(C)(C)C)CC1. The summed E-state index contributed by atoms with van der Waals surface area (Å²) in [6.07, 6.45) is 1.83. The second-order valence-electron chi connectivity index (χ2n) is 6.86. The first-order valence-electron chi connectivity index (χ1n) is 7.02. The molecule has 2 aliphatic rings. The fraction of sp³-hybridized carbons (Fsp3) is 0.929. The van der Waals surface area contributed by atoms with Gasteiger partial charge >= 0.3 is 5.97 Å². The Morgan fingerprint density at radius 3 is 2.50 bits per heavy atom. The average molecular weight is 254 g/mol. The zero-order valence-corrected chi connectivity index (χ0v) is 12.0. The summed E-state index contributed by atoms with van der Waals surface area (Å²) in [5.74, 6) is 1.24. The average Bonchev–Trinajstić information content (AvgIpc) is 2.92. The number of hydrogen-bond acceptors (Lipinski definition) is 4. The van der Waals surface area contributed by atoms with Gasteiger partial charge in [0.1, 0.15) is 11.1 Å². The predicted octanol–water partition coefficient (Wildman–Crippen LogP) is 1.31. The van der Waals surface area contributed by atoms with E-state index >= 15 is 0 Å². The molecule has 104 valence electrons. The first kappa shape index (κ1) is 13.8. The number of rotatable bonds is 4. The Bertz CT molecular complexity index is 318. The number of carbonyl (C=O) groups excluding carboxylic acids is 1. The van der Waals surface area contributed by atoms with E-state index < -0.39 is 5.60 Å². The Morgan fingerprint density at radius 1 is 1.39 bits per heavy atom. The van der Waals surface area contributed by atoms with Crippen LogP contribution in [0.1, 0.15) is 40.5 Å². The van der Waals surface area contributed by atoms with E-state index in [1.807, 2.05) is 20.8 Å². The van der Waals surface area contributed by atoms with E-state index in [-0.39, 0.29) is 11.5 Å². The van der Waals surface area contributed by atoms with Crippen LogP contribution in [0.25, 0.3) is 0 Å². The summed E-state index contributed by atoms with van der Waals surface area (Å²) in [5, 5.41) is 6.84. The lowest BCUT2D eigenvalue weighted by molar-refractivity contribution is -0.158. The van der Waals surface area contributed by atoms with Crippen molar-refractivity contribution in [1.82, 2.24) is 10.6 Å². The molecule has 18 heavy (non-hydrogen) atoms. The van der Waals surface area contributed by atoms with Crippen LogP contribution in [0.5, 0.6) is 0 Å². The second kappa shape index (κ2) is 4.82. The number of carbonyl (C=O) groups is 1. The van der Waals surface area contributed by atoms with Crippen LogP contribution in [0.15, 0.2) is 0 Å². The molecular weight excluding hydrogens is 228 g/mol. The van der Waals surface area contributed by atoms with Crippen molar-refractivity contribution in [1.29, 1.82) is 0 Å². The van der Waals surface area contributed by atoms with Crippen LogP contribution in [-0.4, -0.2) is 36.7 Å². The fourth-order valence-electron chi connectivity index (χ4n) is 2.42. The van der Waals surface area contributed by atoms with Crippen molar-refractivity contribution in [2.24, 2.45) is 11.8 Å². The highest BCUT2D eigenvalue weighted by molar-refractivity contribution is 5.84. The minimum Gasteiger partial charge on any atom is -0.459 e. The Labute approximate surface area is 110 Å². The lowest BCUT2D eigenvalue weighted by atomic mass is 9.98. The molecule has 0 amide bonds. The molecule has 1 aliphatic carbocycles. The van der Waals surface area contributed by atoms with E-state index in [0.29, 0.717) is 11.8 Å². The van der Waals surface area contributed by atoms with E-state index in [0.717, 1.165) is 32.5 Å². The highest BCUT2D eigenvalue weighted by Crippen LogP contribution is 2.38. The maximum Gasteiger partial charge on any atom is 0.326 e. The molecule has 2 fully saturated rings. The van der Waals surface area contributed by atoms with Crippen molar-refractivity contribution >= 4 is 5.97 Å². The molecule has 0 unspecified atom stereocenters. The molecule has 1 heterocycles. The Kier molecular flexibility index (Phi) is 3.70. The quantitative estimate of drug-likeness (QED) is 0.743. The lowest BCUT2D eigenvalue weighted by Gasteiger charge is -2.25. The Hall–Kier alpha value is -0.610. The van der Waals surface area contributed by atoms with E-state index in [9.17, 15) is 4.79 Å². The van der Waals surface area contributed by atoms with Gasteiger partial charge in [-0.2, -0.15) is 0 Å². The molecule has 2 rings (SSSR count). The maximum atomic E-state index is 12.1. The minimum atomic E-state index is -0.392. The van der Waals surface area contributed by atoms with Crippen LogP contribution >= 0.6 is 0 Å². The van der Waals surface area contributed by atoms with E-state index in [4.69, 9.17) is 4.74 Å². The van der Waals surface area contributed by atoms with Gasteiger partial charge in [-0.3, -0.25) is 4.79 Å². The molecule has 0 bridgehead atoms. The smallest absolute Gasteiger partial charge is 0.326 e. The van der Waals surface area contributed by atoms with Gasteiger partial charge < -0.3 is 15.4 Å². The van der Waals surface area contributed by atoms with Crippen LogP contribution in [0.2, 0.25) is 0 Å². The summed E-state index contributed by atoms with van der Waals surface area (Å²) >= 11 is 0. The van der Waals surface area contributed by atoms with Gasteiger partial charge in [0.2, 0.25) is 0 Å². The molecule has 2 atom stereocenters. The van der Waals surface area contributed by atoms with Crippen LogP contribution in [0, 0.1) is 11.8 Å². The molecular formula is C14H26N2O2. The van der Waals surface area contributed by atoms with Gasteiger partial charge in [0.25, 0.3) is 0 Å². The highest BCUT2D eigenvalue weighted by Gasteiger charge is 2.52. The minimum absolute atomic E-state index is 0.0754. The van der Waals surface area contributed by atoms with Crippen molar-refractivity contribution < 1.29 is 9.53 Å². The molecule has 0 radical (unpaired) electrons. The van der Waals surface area contributed by atoms with E-state index in [1.165, 1.54) is 0 Å². The third-order valence-electron chi connectivity index (χ3n) is 3.92. The van der Waals surface area contributed by atoms with Crippen molar-refractivity contribution in [3.63, 3.8) is 0 Å². The van der Waals surface area contributed by atoms with Crippen LogP contribution < -0.4 is 10.6 Å². The van der Waals surface area contributed by atoms with Gasteiger partial charge in [-0.15, -0.1) is 0 Å². The molecule has 0 spiro atoms. The molecule has 0 aromatic heterocycles. The molecule has 1 aliphatic heterocycles. The molecule has 4 heteroatoms. The third-order valence-corrected chi connectivity index (χ3v) is 3.92. The molecule has 0 aromatic carbocycles. The summed E-state index contributed by atoms with van der Waals surface area (Å²) in [6.45, 7) is 11.1. The first-order valence-corrected chi connectivity index (χ1v) is 7.02. The zero-order valence-electron chi connectivity index (χ0n) is 12.0. The number of ether oxygens (including phenoxy) is 1. The van der Waals surface area contributed by atoms with Crippen molar-refractivity contribution in [2.75, 3.05) is 19.6 Å². The number of hydrogen-bond donors (Lipinski definition) is 2. The topological polar surface area (TPSA) is 50.4 Å². The zero-order chi connectivity index (χ0) is 13.4. The summed E-state index contributed by atoms with van der Waals surface area (Å²) < 4.78 is 5.49. The van der Waals surface area contributed by atoms with E-state index in [2.05, 4.69) is 17.6 Å². The van der Waals surface area contributed by atoms with Crippen molar-refractivity contribution in [2.45, 2.75) is 51.7 Å². The first-order chi connectivity index (χ1) is 8.32. The van der Waals surface area contributed by atoms with Gasteiger partial charge in [-0.05, 0) is 58.5 Å². The van der Waals surface area contributed by atoms with Crippen molar-refractivity contribution in [3.8, 4) is 0 Å². The molecule has 0 aromatic rings. The summed E-state index contributed by atoms with van der Waals surface area (Å²) in [4.78, 5) is 12.1. The molecule has 4 nitrogen and oxygen atoms in total. The summed E-state index contributed by atoms with van der Waals surface area (Å²) in [5.41, 5.74) is -0.772. The Balaban J connectivity index is 1.83.